The van der Waals surface area contributed by atoms with Crippen molar-refractivity contribution in [3.05, 3.63) is 53.7 Å². The third-order valence-electron chi connectivity index (χ3n) is 5.01. The van der Waals surface area contributed by atoms with Gasteiger partial charge in [-0.3, -0.25) is 9.62 Å². The highest BCUT2D eigenvalue weighted by atomic mass is 32.2. The number of nitrogens with zero attached hydrogens (tertiary/aromatic N) is 2. The number of hydrogen-bond donors (Lipinski definition) is 1. The predicted molar refractivity (Wildman–Crippen MR) is 104 cm³/mol. The zero-order chi connectivity index (χ0) is 17.8. The molecule has 0 saturated carbocycles. The van der Waals surface area contributed by atoms with Crippen molar-refractivity contribution in [1.29, 1.82) is 0 Å². The van der Waals surface area contributed by atoms with Crippen molar-refractivity contribution in [2.24, 2.45) is 0 Å². The summed E-state index contributed by atoms with van der Waals surface area (Å²) in [4.78, 5) is 6.78. The van der Waals surface area contributed by atoms with Gasteiger partial charge in [0.2, 0.25) is 0 Å². The summed E-state index contributed by atoms with van der Waals surface area (Å²) in [6.45, 7) is 3.84. The molecule has 1 unspecified atom stereocenters. The third-order valence-corrected chi connectivity index (χ3v) is 5.58. The number of aromatic nitrogens is 1. The van der Waals surface area contributed by atoms with Gasteiger partial charge in [-0.1, -0.05) is 36.2 Å². The third kappa shape index (κ3) is 4.14. The Morgan fingerprint density at radius 3 is 2.77 bits per heavy atom. The second kappa shape index (κ2) is 8.29. The normalized spacial score (nSPS) is 20.9. The van der Waals surface area contributed by atoms with Gasteiger partial charge in [0.25, 0.3) is 5.88 Å². The Labute approximate surface area is 159 Å². The molecular formula is C20H25N3O2S. The number of ether oxygens (including phenoxy) is 2. The number of hydrogen-bond acceptors (Lipinski definition) is 6. The molecule has 26 heavy (non-hydrogen) atoms. The van der Waals surface area contributed by atoms with E-state index in [0.717, 1.165) is 30.9 Å². The molecule has 1 saturated heterocycles. The van der Waals surface area contributed by atoms with Crippen molar-refractivity contribution in [2.45, 2.75) is 31.5 Å². The summed E-state index contributed by atoms with van der Waals surface area (Å²) < 4.78 is 15.2. The van der Waals surface area contributed by atoms with E-state index in [1.165, 1.54) is 18.4 Å². The van der Waals surface area contributed by atoms with Gasteiger partial charge < -0.3 is 9.47 Å². The fraction of sp³-hybridized carbons (Fsp3) is 0.450. The molecule has 5 nitrogen and oxygen atoms in total. The smallest absolute Gasteiger partial charge is 0.257 e. The van der Waals surface area contributed by atoms with E-state index >= 15 is 0 Å². The monoisotopic (exact) mass is 371 g/mol. The van der Waals surface area contributed by atoms with E-state index in [-0.39, 0.29) is 6.10 Å². The Hall–Kier alpha value is -1.76. The van der Waals surface area contributed by atoms with Crippen molar-refractivity contribution in [2.75, 3.05) is 26.0 Å². The van der Waals surface area contributed by atoms with Gasteiger partial charge in [-0.15, -0.1) is 0 Å². The maximum Gasteiger partial charge on any atom is 0.257 e. The molecule has 138 valence electrons. The van der Waals surface area contributed by atoms with Crippen LogP contribution in [-0.4, -0.2) is 41.9 Å². The first-order chi connectivity index (χ1) is 12.8. The topological polar surface area (TPSA) is 46.6 Å². The van der Waals surface area contributed by atoms with Crippen molar-refractivity contribution < 1.29 is 9.47 Å². The summed E-state index contributed by atoms with van der Waals surface area (Å²) in [5, 5.41) is 0. The predicted octanol–water partition coefficient (Wildman–Crippen LogP) is 3.43. The lowest BCUT2D eigenvalue weighted by molar-refractivity contribution is 0.0850. The number of fused-ring (bicyclic) bond motifs is 1. The Morgan fingerprint density at radius 2 is 2.00 bits per heavy atom. The molecule has 1 aromatic carbocycles. The van der Waals surface area contributed by atoms with Crippen LogP contribution in [0.4, 0.5) is 0 Å². The van der Waals surface area contributed by atoms with Crippen LogP contribution in [0.25, 0.3) is 0 Å². The number of pyridine rings is 1. The van der Waals surface area contributed by atoms with E-state index in [0.29, 0.717) is 18.5 Å². The molecular weight excluding hydrogens is 346 g/mol. The molecule has 0 aliphatic carbocycles. The lowest BCUT2D eigenvalue weighted by atomic mass is 10.0. The lowest BCUT2D eigenvalue weighted by Gasteiger charge is -2.32. The van der Waals surface area contributed by atoms with Crippen LogP contribution < -0.4 is 14.2 Å². The molecule has 0 amide bonds. The van der Waals surface area contributed by atoms with Gasteiger partial charge in [-0.25, -0.2) is 4.98 Å². The molecule has 0 spiro atoms. The highest BCUT2D eigenvalue weighted by molar-refractivity contribution is 7.96. The van der Waals surface area contributed by atoms with Gasteiger partial charge in [-0.05, 0) is 55.4 Å². The highest BCUT2D eigenvalue weighted by Crippen LogP contribution is 2.34. The number of nitrogens with one attached hydrogen (secondary N) is 1. The van der Waals surface area contributed by atoms with Gasteiger partial charge in [-0.2, -0.15) is 0 Å². The summed E-state index contributed by atoms with van der Waals surface area (Å²) in [6.07, 6.45) is 6.17. The molecule has 1 fully saturated rings. The van der Waals surface area contributed by atoms with E-state index in [9.17, 15) is 0 Å². The van der Waals surface area contributed by atoms with E-state index in [1.807, 2.05) is 12.1 Å². The Morgan fingerprint density at radius 1 is 1.19 bits per heavy atom. The van der Waals surface area contributed by atoms with Gasteiger partial charge in [0.15, 0.2) is 11.9 Å². The highest BCUT2D eigenvalue weighted by Gasteiger charge is 2.23. The van der Waals surface area contributed by atoms with Gasteiger partial charge in [0.1, 0.15) is 6.61 Å². The van der Waals surface area contributed by atoms with Crippen molar-refractivity contribution >= 4 is 11.9 Å². The standard InChI is InChI=1S/C20H25N3O2S/c1-26-22-17-8-11-23(12-9-17)13-15-4-6-16(7-5-15)19-14-24-18-3-2-10-21-20(18)25-19/h2-7,10,17,19,22H,8-9,11-14H2,1H3. The average Bonchev–Trinajstić information content (AvgIpc) is 2.70. The molecule has 1 N–H and O–H groups in total. The van der Waals surface area contributed by atoms with Crippen LogP contribution in [0, 0.1) is 0 Å². The molecule has 2 aliphatic rings. The second-order valence-corrected chi connectivity index (χ2v) is 7.48. The minimum absolute atomic E-state index is 0.0974. The minimum Gasteiger partial charge on any atom is -0.484 e. The van der Waals surface area contributed by atoms with E-state index in [1.54, 1.807) is 18.1 Å². The molecule has 3 heterocycles. The Balaban J connectivity index is 1.33. The molecule has 6 heteroatoms. The number of piperidine rings is 1. The molecule has 1 aromatic heterocycles. The quantitative estimate of drug-likeness (QED) is 0.813. The molecule has 0 bridgehead atoms. The van der Waals surface area contributed by atoms with Crippen molar-refractivity contribution in [3.8, 4) is 11.6 Å². The van der Waals surface area contributed by atoms with E-state index < -0.39 is 0 Å². The SMILES string of the molecule is CSNC1CCN(Cc2ccc(C3COc4cccnc4O3)cc2)CC1. The number of rotatable bonds is 5. The van der Waals surface area contributed by atoms with Crippen LogP contribution in [0.2, 0.25) is 0 Å². The minimum atomic E-state index is -0.0974. The second-order valence-electron chi connectivity index (χ2n) is 6.84. The maximum atomic E-state index is 5.99. The fourth-order valence-corrected chi connectivity index (χ4v) is 4.11. The summed E-state index contributed by atoms with van der Waals surface area (Å²) in [6, 6.07) is 13.1. The first-order valence-electron chi connectivity index (χ1n) is 9.16. The van der Waals surface area contributed by atoms with Gasteiger partial charge in [0, 0.05) is 18.8 Å². The molecule has 1 atom stereocenters. The molecule has 4 rings (SSSR count). The lowest BCUT2D eigenvalue weighted by Crippen LogP contribution is -2.39. The Kier molecular flexibility index (Phi) is 5.62. The van der Waals surface area contributed by atoms with Gasteiger partial charge in [0.05, 0.1) is 0 Å². The zero-order valence-corrected chi connectivity index (χ0v) is 15.9. The molecule has 2 aromatic rings. The van der Waals surface area contributed by atoms with Crippen LogP contribution in [0.1, 0.15) is 30.1 Å². The first-order valence-corrected chi connectivity index (χ1v) is 10.4. The summed E-state index contributed by atoms with van der Waals surface area (Å²) >= 11 is 1.73. The van der Waals surface area contributed by atoms with Crippen LogP contribution in [0.5, 0.6) is 11.6 Å². The van der Waals surface area contributed by atoms with Crippen LogP contribution in [0.15, 0.2) is 42.6 Å². The fourth-order valence-electron chi connectivity index (χ4n) is 3.54. The van der Waals surface area contributed by atoms with E-state index in [2.05, 4.69) is 45.1 Å². The Bertz CT molecular complexity index is 717. The summed E-state index contributed by atoms with van der Waals surface area (Å²) in [7, 11) is 0. The van der Waals surface area contributed by atoms with Crippen molar-refractivity contribution in [3.63, 3.8) is 0 Å². The molecule has 2 aliphatic heterocycles. The summed E-state index contributed by atoms with van der Waals surface area (Å²) in [5.74, 6) is 1.30. The maximum absolute atomic E-state index is 5.99. The van der Waals surface area contributed by atoms with E-state index in [4.69, 9.17) is 9.47 Å². The average molecular weight is 372 g/mol. The van der Waals surface area contributed by atoms with Crippen LogP contribution in [0.3, 0.4) is 0 Å². The van der Waals surface area contributed by atoms with Crippen LogP contribution in [-0.2, 0) is 6.54 Å². The van der Waals surface area contributed by atoms with Crippen molar-refractivity contribution in [1.82, 2.24) is 14.6 Å². The van der Waals surface area contributed by atoms with Gasteiger partial charge >= 0.3 is 0 Å². The number of benzene rings is 1. The van der Waals surface area contributed by atoms with Crippen LogP contribution >= 0.6 is 11.9 Å². The largest absolute Gasteiger partial charge is 0.484 e. The number of likely N-dealkylation sites (tertiary alicyclic amines) is 1. The first kappa shape index (κ1) is 17.6. The summed E-state index contributed by atoms with van der Waals surface area (Å²) in [5.41, 5.74) is 2.48. The molecule has 0 radical (unpaired) electrons. The zero-order valence-electron chi connectivity index (χ0n) is 15.1.